The number of ether oxygens (including phenoxy) is 2. The molecule has 0 aliphatic rings. The van der Waals surface area contributed by atoms with Gasteiger partial charge in [-0.3, -0.25) is 0 Å². The molecule has 3 aromatic rings. The monoisotopic (exact) mass is 428 g/mol. The number of aromatic nitrogens is 5. The van der Waals surface area contributed by atoms with E-state index in [0.717, 1.165) is 10.8 Å². The first-order valence-electron chi connectivity index (χ1n) is 6.77. The zero-order valence-electron chi connectivity index (χ0n) is 13.4. The topological polar surface area (TPSA) is 135 Å². The van der Waals surface area contributed by atoms with Gasteiger partial charge < -0.3 is 15.2 Å². The van der Waals surface area contributed by atoms with E-state index in [4.69, 9.17) is 15.2 Å². The molecule has 0 aliphatic heterocycles. The highest BCUT2D eigenvalue weighted by Crippen LogP contribution is 2.38. The molecular formula is C13H13BrN6O4S. The molecule has 25 heavy (non-hydrogen) atoms. The van der Waals surface area contributed by atoms with Crippen LogP contribution in [-0.4, -0.2) is 53.5 Å². The third-order valence-electron chi connectivity index (χ3n) is 3.25. The average Bonchev–Trinajstić information content (AvgIpc) is 2.99. The van der Waals surface area contributed by atoms with Crippen LogP contribution in [0.3, 0.4) is 0 Å². The fourth-order valence-electron chi connectivity index (χ4n) is 2.07. The minimum absolute atomic E-state index is 0.0174. The molecular weight excluding hydrogens is 416 g/mol. The lowest BCUT2D eigenvalue weighted by atomic mass is 10.2. The maximum absolute atomic E-state index is 11.6. The predicted octanol–water partition coefficient (Wildman–Crippen LogP) is 0.952. The Morgan fingerprint density at radius 3 is 2.24 bits per heavy atom. The van der Waals surface area contributed by atoms with Crippen molar-refractivity contribution in [1.29, 1.82) is 0 Å². The fourth-order valence-corrected chi connectivity index (χ4v) is 3.13. The van der Waals surface area contributed by atoms with Gasteiger partial charge in [0.2, 0.25) is 15.8 Å². The minimum atomic E-state index is -3.63. The first kappa shape index (κ1) is 17.4. The largest absolute Gasteiger partial charge is 0.495 e. The maximum Gasteiger partial charge on any atom is 0.258 e. The summed E-state index contributed by atoms with van der Waals surface area (Å²) in [5.74, 6) is 1.17. The van der Waals surface area contributed by atoms with Gasteiger partial charge in [-0.15, -0.1) is 5.10 Å². The number of benzene rings is 1. The van der Waals surface area contributed by atoms with Crippen LogP contribution in [-0.2, 0) is 9.84 Å². The summed E-state index contributed by atoms with van der Waals surface area (Å²) in [6.07, 6.45) is 0.986. The standard InChI is InChI=1S/C13H13BrN6O4S/c1-23-7-4-6(5-8(24-2)9(7)14)10-16-12-18-13(25(3,21)22)17-11(15)20(12)19-10/h4-5H,1-3H3,(H2,15,16,17,18,19). The molecule has 132 valence electrons. The van der Waals surface area contributed by atoms with E-state index >= 15 is 0 Å². The Bertz CT molecular complexity index is 1060. The van der Waals surface area contributed by atoms with Gasteiger partial charge in [-0.1, -0.05) is 0 Å². The number of fused-ring (bicyclic) bond motifs is 1. The number of methoxy groups -OCH3 is 2. The number of hydrogen-bond acceptors (Lipinski definition) is 9. The van der Waals surface area contributed by atoms with Crippen molar-refractivity contribution in [3.05, 3.63) is 16.6 Å². The Labute approximate surface area is 151 Å². The van der Waals surface area contributed by atoms with Crippen molar-refractivity contribution in [2.45, 2.75) is 5.16 Å². The Balaban J connectivity index is 2.22. The molecule has 2 N–H and O–H groups in total. The third kappa shape index (κ3) is 3.09. The van der Waals surface area contributed by atoms with Crippen molar-refractivity contribution in [3.8, 4) is 22.9 Å². The van der Waals surface area contributed by atoms with E-state index < -0.39 is 15.0 Å². The average molecular weight is 429 g/mol. The predicted molar refractivity (Wildman–Crippen MR) is 92.3 cm³/mol. The number of halogens is 1. The van der Waals surface area contributed by atoms with Gasteiger partial charge in [0.05, 0.1) is 14.2 Å². The molecule has 0 aliphatic carbocycles. The van der Waals surface area contributed by atoms with Crippen molar-refractivity contribution >= 4 is 37.5 Å². The van der Waals surface area contributed by atoms with Crippen molar-refractivity contribution in [2.75, 3.05) is 26.2 Å². The summed E-state index contributed by atoms with van der Waals surface area (Å²) in [7, 11) is -0.596. The Hall–Kier alpha value is -2.47. The molecule has 0 spiro atoms. The number of nitrogens with two attached hydrogens (primary N) is 1. The van der Waals surface area contributed by atoms with E-state index in [0.29, 0.717) is 21.5 Å². The number of nitrogens with zero attached hydrogens (tertiary/aromatic N) is 5. The summed E-state index contributed by atoms with van der Waals surface area (Å²) < 4.78 is 35.6. The normalized spacial score (nSPS) is 11.7. The number of anilines is 1. The molecule has 0 saturated carbocycles. The number of sulfone groups is 1. The third-order valence-corrected chi connectivity index (χ3v) is 4.88. The lowest BCUT2D eigenvalue weighted by molar-refractivity contribution is 0.390. The van der Waals surface area contributed by atoms with E-state index in [9.17, 15) is 8.42 Å². The van der Waals surface area contributed by atoms with Gasteiger partial charge in [-0.25, -0.2) is 8.42 Å². The van der Waals surface area contributed by atoms with Crippen molar-refractivity contribution < 1.29 is 17.9 Å². The molecule has 1 aromatic carbocycles. The number of nitrogen functional groups attached to an aromatic ring is 1. The smallest absolute Gasteiger partial charge is 0.258 e. The van der Waals surface area contributed by atoms with E-state index in [-0.39, 0.29) is 17.6 Å². The van der Waals surface area contributed by atoms with Gasteiger partial charge in [-0.2, -0.15) is 19.5 Å². The van der Waals surface area contributed by atoms with Gasteiger partial charge in [0.1, 0.15) is 16.0 Å². The Kier molecular flexibility index (Phi) is 4.24. The van der Waals surface area contributed by atoms with Crippen LogP contribution in [0.25, 0.3) is 17.2 Å². The molecule has 0 unspecified atom stereocenters. The fraction of sp³-hybridized carbons (Fsp3) is 0.231. The van der Waals surface area contributed by atoms with Gasteiger partial charge in [-0.05, 0) is 28.1 Å². The molecule has 3 rings (SSSR count). The molecule has 0 saturated heterocycles. The summed E-state index contributed by atoms with van der Waals surface area (Å²) in [5.41, 5.74) is 6.34. The lowest BCUT2D eigenvalue weighted by Gasteiger charge is -2.09. The van der Waals surface area contributed by atoms with Crippen molar-refractivity contribution in [2.24, 2.45) is 0 Å². The second kappa shape index (κ2) is 6.11. The van der Waals surface area contributed by atoms with Crippen LogP contribution in [0.2, 0.25) is 0 Å². The van der Waals surface area contributed by atoms with Crippen LogP contribution in [0, 0.1) is 0 Å². The molecule has 10 nitrogen and oxygen atoms in total. The highest BCUT2D eigenvalue weighted by atomic mass is 79.9. The number of rotatable bonds is 4. The van der Waals surface area contributed by atoms with Crippen LogP contribution < -0.4 is 15.2 Å². The first-order chi connectivity index (χ1) is 11.7. The number of hydrogen-bond donors (Lipinski definition) is 1. The summed E-state index contributed by atoms with van der Waals surface area (Å²) in [4.78, 5) is 11.9. The molecule has 0 fully saturated rings. The summed E-state index contributed by atoms with van der Waals surface area (Å²) in [6.45, 7) is 0. The molecule has 0 bridgehead atoms. The molecule has 2 heterocycles. The SMILES string of the molecule is COc1cc(-c2nc3nc(S(C)(=O)=O)nc(N)n3n2)cc(OC)c1Br. The minimum Gasteiger partial charge on any atom is -0.495 e. The maximum atomic E-state index is 11.6. The summed E-state index contributed by atoms with van der Waals surface area (Å²) in [5, 5.41) is 3.81. The van der Waals surface area contributed by atoms with Crippen LogP contribution in [0.1, 0.15) is 0 Å². The Morgan fingerprint density at radius 2 is 1.72 bits per heavy atom. The zero-order valence-corrected chi connectivity index (χ0v) is 15.8. The zero-order chi connectivity index (χ0) is 18.4. The van der Waals surface area contributed by atoms with E-state index in [2.05, 4.69) is 36.0 Å². The van der Waals surface area contributed by atoms with Crippen LogP contribution in [0.15, 0.2) is 21.8 Å². The van der Waals surface area contributed by atoms with Gasteiger partial charge >= 0.3 is 0 Å². The van der Waals surface area contributed by atoms with Crippen LogP contribution >= 0.6 is 15.9 Å². The molecule has 2 aromatic heterocycles. The molecule has 0 radical (unpaired) electrons. The molecule has 0 atom stereocenters. The highest BCUT2D eigenvalue weighted by Gasteiger charge is 2.19. The van der Waals surface area contributed by atoms with Crippen molar-refractivity contribution in [1.82, 2.24) is 24.6 Å². The quantitative estimate of drug-likeness (QED) is 0.643. The highest BCUT2D eigenvalue weighted by molar-refractivity contribution is 9.10. The van der Waals surface area contributed by atoms with Crippen molar-refractivity contribution in [3.63, 3.8) is 0 Å². The second-order valence-electron chi connectivity index (χ2n) is 4.98. The van der Waals surface area contributed by atoms with Crippen LogP contribution in [0.5, 0.6) is 11.5 Å². The van der Waals surface area contributed by atoms with E-state index in [1.54, 1.807) is 12.1 Å². The Morgan fingerprint density at radius 1 is 1.12 bits per heavy atom. The van der Waals surface area contributed by atoms with Crippen LogP contribution in [0.4, 0.5) is 5.95 Å². The van der Waals surface area contributed by atoms with Gasteiger partial charge in [0.25, 0.3) is 10.9 Å². The summed E-state index contributed by atoms with van der Waals surface area (Å²) >= 11 is 3.38. The lowest BCUT2D eigenvalue weighted by Crippen LogP contribution is -2.11. The van der Waals surface area contributed by atoms with Gasteiger partial charge in [0.15, 0.2) is 5.82 Å². The molecule has 0 amide bonds. The summed E-state index contributed by atoms with van der Waals surface area (Å²) in [6, 6.07) is 3.39. The van der Waals surface area contributed by atoms with E-state index in [1.165, 1.54) is 14.2 Å². The van der Waals surface area contributed by atoms with E-state index in [1.807, 2.05) is 0 Å². The molecule has 12 heteroatoms. The second-order valence-corrected chi connectivity index (χ2v) is 7.68. The van der Waals surface area contributed by atoms with Gasteiger partial charge in [0, 0.05) is 11.8 Å². The first-order valence-corrected chi connectivity index (χ1v) is 9.45.